The maximum Gasteiger partial charge on any atom is 0.323 e. The molecule has 1 aliphatic rings. The molecular weight excluding hydrogens is 264 g/mol. The molecule has 1 heterocycles. The van der Waals surface area contributed by atoms with Crippen molar-refractivity contribution in [1.82, 2.24) is 9.88 Å². The minimum Gasteiger partial charge on any atom is -0.480 e. The summed E-state index contributed by atoms with van der Waals surface area (Å²) in [7, 11) is 0. The van der Waals surface area contributed by atoms with E-state index in [1.165, 1.54) is 16.2 Å². The van der Waals surface area contributed by atoms with Crippen molar-refractivity contribution in [3.8, 4) is 0 Å². The van der Waals surface area contributed by atoms with Crippen LogP contribution in [0, 0.1) is 0 Å². The van der Waals surface area contributed by atoms with E-state index in [2.05, 4.69) is 4.98 Å². The summed E-state index contributed by atoms with van der Waals surface area (Å²) < 4.78 is 0. The Morgan fingerprint density at radius 2 is 2.11 bits per heavy atom. The molecule has 0 aromatic carbocycles. The maximum atomic E-state index is 12.3. The van der Waals surface area contributed by atoms with Gasteiger partial charge in [-0.25, -0.2) is 4.98 Å². The molecule has 0 aliphatic heterocycles. The molecule has 0 radical (unpaired) electrons. The number of hydrogen-bond acceptors (Lipinski definition) is 4. The van der Waals surface area contributed by atoms with Gasteiger partial charge in [0.2, 0.25) is 0 Å². The first-order valence-corrected chi connectivity index (χ1v) is 7.16. The normalized spacial score (nSPS) is 15.3. The average molecular weight is 282 g/mol. The summed E-state index contributed by atoms with van der Waals surface area (Å²) in [5.74, 6) is -1.25. The predicted octanol–water partition coefficient (Wildman–Crippen LogP) is 2.13. The number of aliphatic carboxylic acids is 1. The Morgan fingerprint density at radius 3 is 2.53 bits per heavy atom. The van der Waals surface area contributed by atoms with Crippen LogP contribution in [0.4, 0.5) is 0 Å². The Labute approximate surface area is 116 Å². The van der Waals surface area contributed by atoms with Gasteiger partial charge in [0.15, 0.2) is 0 Å². The third kappa shape index (κ3) is 3.32. The van der Waals surface area contributed by atoms with E-state index in [1.54, 1.807) is 5.38 Å². The van der Waals surface area contributed by atoms with Crippen LogP contribution >= 0.6 is 11.3 Å². The molecule has 1 fully saturated rings. The summed E-state index contributed by atoms with van der Waals surface area (Å²) in [6.45, 7) is 5.87. The molecule has 2 rings (SSSR count). The second kappa shape index (κ2) is 4.92. The highest BCUT2D eigenvalue weighted by molar-refractivity contribution is 7.10. The third-order valence-corrected chi connectivity index (χ3v) is 4.19. The van der Waals surface area contributed by atoms with Gasteiger partial charge in [-0.2, -0.15) is 0 Å². The van der Waals surface area contributed by atoms with Gasteiger partial charge in [0.05, 0.1) is 5.01 Å². The number of amides is 1. The van der Waals surface area contributed by atoms with Gasteiger partial charge >= 0.3 is 5.97 Å². The number of rotatable bonds is 4. The van der Waals surface area contributed by atoms with E-state index in [1.807, 2.05) is 20.8 Å². The Hall–Kier alpha value is -1.43. The van der Waals surface area contributed by atoms with Gasteiger partial charge in [0.1, 0.15) is 12.2 Å². The summed E-state index contributed by atoms with van der Waals surface area (Å²) in [6, 6.07) is 0.0726. The van der Waals surface area contributed by atoms with Crippen molar-refractivity contribution in [2.45, 2.75) is 45.1 Å². The lowest BCUT2D eigenvalue weighted by atomic mass is 9.98. The molecule has 1 aromatic heterocycles. The first-order valence-electron chi connectivity index (χ1n) is 6.28. The van der Waals surface area contributed by atoms with Crippen molar-refractivity contribution in [2.75, 3.05) is 6.54 Å². The number of aromatic nitrogens is 1. The summed E-state index contributed by atoms with van der Waals surface area (Å²) in [4.78, 5) is 28.9. The van der Waals surface area contributed by atoms with E-state index >= 15 is 0 Å². The lowest BCUT2D eigenvalue weighted by Crippen LogP contribution is -2.37. The highest BCUT2D eigenvalue weighted by Gasteiger charge is 2.35. The Kier molecular flexibility index (Phi) is 3.62. The van der Waals surface area contributed by atoms with Gasteiger partial charge in [-0.1, -0.05) is 20.8 Å². The van der Waals surface area contributed by atoms with Crippen molar-refractivity contribution in [2.24, 2.45) is 0 Å². The van der Waals surface area contributed by atoms with Crippen LogP contribution in [0.3, 0.4) is 0 Å². The number of nitrogens with zero attached hydrogens (tertiary/aromatic N) is 2. The Bertz CT molecular complexity index is 500. The fourth-order valence-electron chi connectivity index (χ4n) is 1.76. The molecule has 0 spiro atoms. The number of hydrogen-bond donors (Lipinski definition) is 1. The molecule has 104 valence electrons. The maximum absolute atomic E-state index is 12.3. The monoisotopic (exact) mass is 282 g/mol. The fraction of sp³-hybridized carbons (Fsp3) is 0.615. The Balaban J connectivity index is 2.17. The lowest BCUT2D eigenvalue weighted by Gasteiger charge is -2.19. The van der Waals surface area contributed by atoms with Crippen molar-refractivity contribution in [3.63, 3.8) is 0 Å². The van der Waals surface area contributed by atoms with E-state index in [0.717, 1.165) is 17.8 Å². The first kappa shape index (κ1) is 14.0. The third-order valence-electron chi connectivity index (χ3n) is 2.92. The van der Waals surface area contributed by atoms with Crippen molar-refractivity contribution in [3.05, 3.63) is 16.1 Å². The van der Waals surface area contributed by atoms with Gasteiger partial charge in [0.25, 0.3) is 5.91 Å². The van der Waals surface area contributed by atoms with Crippen LogP contribution in [0.5, 0.6) is 0 Å². The van der Waals surface area contributed by atoms with Crippen LogP contribution in [0.15, 0.2) is 5.38 Å². The molecule has 1 N–H and O–H groups in total. The number of carbonyl (C=O) groups excluding carboxylic acids is 1. The van der Waals surface area contributed by atoms with E-state index in [0.29, 0.717) is 5.69 Å². The molecule has 1 aliphatic carbocycles. The zero-order chi connectivity index (χ0) is 14.2. The smallest absolute Gasteiger partial charge is 0.323 e. The summed E-state index contributed by atoms with van der Waals surface area (Å²) in [5, 5.41) is 11.5. The van der Waals surface area contributed by atoms with Crippen molar-refractivity contribution >= 4 is 23.2 Å². The minimum absolute atomic E-state index is 0.0726. The number of carbonyl (C=O) groups is 2. The van der Waals surface area contributed by atoms with Crippen LogP contribution in [0.2, 0.25) is 0 Å². The summed E-state index contributed by atoms with van der Waals surface area (Å²) >= 11 is 1.45. The van der Waals surface area contributed by atoms with Gasteiger partial charge in [-0.05, 0) is 12.8 Å². The number of carboxylic acid groups (broad SMARTS) is 1. The fourth-order valence-corrected chi connectivity index (χ4v) is 2.64. The predicted molar refractivity (Wildman–Crippen MR) is 72.5 cm³/mol. The second-order valence-corrected chi connectivity index (χ2v) is 6.70. The second-order valence-electron chi connectivity index (χ2n) is 5.85. The summed E-state index contributed by atoms with van der Waals surface area (Å²) in [5.41, 5.74) is 0.267. The number of carboxylic acids is 1. The van der Waals surface area contributed by atoms with Gasteiger partial charge in [0, 0.05) is 16.8 Å². The SMILES string of the molecule is CC(C)(C)c1nc(C(=O)N(CC(=O)O)C2CC2)cs1. The van der Waals surface area contributed by atoms with Crippen LogP contribution in [-0.2, 0) is 10.2 Å². The van der Waals surface area contributed by atoms with E-state index in [9.17, 15) is 9.59 Å². The highest BCUT2D eigenvalue weighted by atomic mass is 32.1. The molecule has 6 heteroatoms. The van der Waals surface area contributed by atoms with E-state index < -0.39 is 5.97 Å². The lowest BCUT2D eigenvalue weighted by molar-refractivity contribution is -0.137. The molecule has 0 bridgehead atoms. The average Bonchev–Trinajstić information content (AvgIpc) is 2.99. The van der Waals surface area contributed by atoms with Crippen LogP contribution < -0.4 is 0 Å². The van der Waals surface area contributed by atoms with Gasteiger partial charge in [-0.3, -0.25) is 9.59 Å². The minimum atomic E-state index is -0.980. The summed E-state index contributed by atoms with van der Waals surface area (Å²) in [6.07, 6.45) is 1.77. The molecule has 0 atom stereocenters. The van der Waals surface area contributed by atoms with Gasteiger partial charge < -0.3 is 10.0 Å². The van der Waals surface area contributed by atoms with E-state index in [-0.39, 0.29) is 23.9 Å². The zero-order valence-corrected chi connectivity index (χ0v) is 12.2. The van der Waals surface area contributed by atoms with Crippen LogP contribution in [-0.4, -0.2) is 39.5 Å². The topological polar surface area (TPSA) is 70.5 Å². The van der Waals surface area contributed by atoms with Gasteiger partial charge in [-0.15, -0.1) is 11.3 Å². The molecule has 1 amide bonds. The molecule has 0 saturated heterocycles. The molecule has 19 heavy (non-hydrogen) atoms. The standard InChI is InChI=1S/C13H18N2O3S/c1-13(2,3)12-14-9(7-19-12)11(18)15(6-10(16)17)8-4-5-8/h7-8H,4-6H2,1-3H3,(H,16,17). The Morgan fingerprint density at radius 1 is 1.47 bits per heavy atom. The molecular formula is C13H18N2O3S. The van der Waals surface area contributed by atoms with Crippen LogP contribution in [0.25, 0.3) is 0 Å². The number of thiazole rings is 1. The first-order chi connectivity index (χ1) is 8.79. The van der Waals surface area contributed by atoms with E-state index in [4.69, 9.17) is 5.11 Å². The quantitative estimate of drug-likeness (QED) is 0.918. The molecule has 1 saturated carbocycles. The largest absolute Gasteiger partial charge is 0.480 e. The zero-order valence-electron chi connectivity index (χ0n) is 11.3. The highest BCUT2D eigenvalue weighted by Crippen LogP contribution is 2.30. The molecule has 0 unspecified atom stereocenters. The van der Waals surface area contributed by atoms with Crippen molar-refractivity contribution < 1.29 is 14.7 Å². The van der Waals surface area contributed by atoms with Crippen LogP contribution in [0.1, 0.15) is 49.1 Å². The van der Waals surface area contributed by atoms with Crippen molar-refractivity contribution in [1.29, 1.82) is 0 Å². The molecule has 1 aromatic rings. The molecule has 5 nitrogen and oxygen atoms in total.